The molecule has 10 heteroatoms. The summed E-state index contributed by atoms with van der Waals surface area (Å²) in [5.41, 5.74) is 4.33. The van der Waals surface area contributed by atoms with Gasteiger partial charge in [0.1, 0.15) is 0 Å². The minimum atomic E-state index is -0.603. The molecule has 1 amide bonds. The number of amides is 1. The second-order valence-electron chi connectivity index (χ2n) is 6.42. The molecule has 0 saturated heterocycles. The normalized spacial score (nSPS) is 10.4. The summed E-state index contributed by atoms with van der Waals surface area (Å²) in [6.07, 6.45) is 1.32. The topological polar surface area (TPSA) is 136 Å². The first-order valence-corrected chi connectivity index (χ1v) is 9.72. The number of aliphatic hydroxyl groups excluding tert-OH is 1. The SMILES string of the molecule is CO.O=C(N/N=C/c1cccc([N+](=O)[O-])c1)c1nc(-c2ccccc2)n(-c2ccccc2)n1. The number of nitrogens with zero attached hydrogens (tertiary/aromatic N) is 5. The molecule has 1 aromatic heterocycles. The Labute approximate surface area is 189 Å². The number of nitro groups is 1. The molecule has 3 aromatic carbocycles. The summed E-state index contributed by atoms with van der Waals surface area (Å²) in [4.78, 5) is 27.3. The zero-order valence-corrected chi connectivity index (χ0v) is 17.6. The Hall–Kier alpha value is -4.70. The quantitative estimate of drug-likeness (QED) is 0.266. The highest BCUT2D eigenvalue weighted by molar-refractivity contribution is 5.92. The average Bonchev–Trinajstić information content (AvgIpc) is 3.32. The maximum absolute atomic E-state index is 12.6. The number of carbonyl (C=O) groups is 1. The lowest BCUT2D eigenvalue weighted by molar-refractivity contribution is -0.384. The third kappa shape index (κ3) is 5.71. The first-order chi connectivity index (χ1) is 16.1. The van der Waals surface area contributed by atoms with Gasteiger partial charge in [-0.2, -0.15) is 5.10 Å². The lowest BCUT2D eigenvalue weighted by atomic mass is 10.2. The third-order valence-corrected chi connectivity index (χ3v) is 4.30. The van der Waals surface area contributed by atoms with Gasteiger partial charge in [0, 0.05) is 30.4 Å². The zero-order chi connectivity index (χ0) is 23.6. The van der Waals surface area contributed by atoms with Gasteiger partial charge in [-0.25, -0.2) is 15.1 Å². The molecule has 0 radical (unpaired) electrons. The van der Waals surface area contributed by atoms with Crippen molar-refractivity contribution < 1.29 is 14.8 Å². The summed E-state index contributed by atoms with van der Waals surface area (Å²) in [5, 5.41) is 26.1. The molecule has 0 atom stereocenters. The van der Waals surface area contributed by atoms with Gasteiger partial charge in [0.25, 0.3) is 5.69 Å². The molecule has 0 spiro atoms. The maximum Gasteiger partial charge on any atom is 0.311 e. The van der Waals surface area contributed by atoms with E-state index >= 15 is 0 Å². The number of hydrazone groups is 1. The van der Waals surface area contributed by atoms with E-state index in [1.165, 1.54) is 24.4 Å². The minimum Gasteiger partial charge on any atom is -0.400 e. The van der Waals surface area contributed by atoms with Crippen LogP contribution in [-0.4, -0.2) is 44.0 Å². The van der Waals surface area contributed by atoms with Crippen molar-refractivity contribution in [2.45, 2.75) is 0 Å². The summed E-state index contributed by atoms with van der Waals surface area (Å²) < 4.78 is 1.59. The van der Waals surface area contributed by atoms with E-state index in [0.717, 1.165) is 18.4 Å². The molecule has 0 aliphatic heterocycles. The molecule has 1 heterocycles. The van der Waals surface area contributed by atoms with Gasteiger partial charge >= 0.3 is 5.91 Å². The molecule has 0 bridgehead atoms. The van der Waals surface area contributed by atoms with E-state index in [1.54, 1.807) is 10.7 Å². The van der Waals surface area contributed by atoms with E-state index in [9.17, 15) is 14.9 Å². The van der Waals surface area contributed by atoms with E-state index in [2.05, 4.69) is 20.6 Å². The molecular weight excluding hydrogens is 424 g/mol. The van der Waals surface area contributed by atoms with E-state index in [-0.39, 0.29) is 11.5 Å². The van der Waals surface area contributed by atoms with Gasteiger partial charge in [-0.05, 0) is 12.1 Å². The summed E-state index contributed by atoms with van der Waals surface area (Å²) in [6.45, 7) is 0. The van der Waals surface area contributed by atoms with Crippen molar-refractivity contribution in [3.05, 3.63) is 106 Å². The zero-order valence-electron chi connectivity index (χ0n) is 17.6. The molecular formula is C23H20N6O4. The van der Waals surface area contributed by atoms with Crippen molar-refractivity contribution in [2.75, 3.05) is 7.11 Å². The number of nitrogens with one attached hydrogen (secondary N) is 1. The summed E-state index contributed by atoms with van der Waals surface area (Å²) in [5.74, 6) is -0.146. The average molecular weight is 444 g/mol. The number of carbonyl (C=O) groups excluding carboxylic acids is 1. The van der Waals surface area contributed by atoms with Gasteiger partial charge < -0.3 is 5.11 Å². The van der Waals surface area contributed by atoms with Gasteiger partial charge in [-0.3, -0.25) is 14.9 Å². The first-order valence-electron chi connectivity index (χ1n) is 9.72. The van der Waals surface area contributed by atoms with Crippen LogP contribution < -0.4 is 5.43 Å². The lowest BCUT2D eigenvalue weighted by Gasteiger charge is -2.05. The number of hydrogen-bond acceptors (Lipinski definition) is 7. The van der Waals surface area contributed by atoms with Crippen LogP contribution in [0.15, 0.2) is 90.0 Å². The Kier molecular flexibility index (Phi) is 7.71. The summed E-state index contributed by atoms with van der Waals surface area (Å²) >= 11 is 0. The molecule has 0 saturated carbocycles. The second-order valence-corrected chi connectivity index (χ2v) is 6.42. The highest BCUT2D eigenvalue weighted by atomic mass is 16.6. The number of aliphatic hydroxyl groups is 1. The molecule has 0 fully saturated rings. The molecule has 4 rings (SSSR count). The van der Waals surface area contributed by atoms with Gasteiger partial charge in [-0.15, -0.1) is 5.10 Å². The fraction of sp³-hybridized carbons (Fsp3) is 0.0435. The van der Waals surface area contributed by atoms with Crippen molar-refractivity contribution in [2.24, 2.45) is 5.10 Å². The Morgan fingerprint density at radius 3 is 2.36 bits per heavy atom. The van der Waals surface area contributed by atoms with Crippen molar-refractivity contribution in [1.29, 1.82) is 0 Å². The van der Waals surface area contributed by atoms with Crippen molar-refractivity contribution in [3.8, 4) is 17.1 Å². The number of non-ortho nitro benzene ring substituents is 1. The summed E-state index contributed by atoms with van der Waals surface area (Å²) in [6, 6.07) is 24.7. The van der Waals surface area contributed by atoms with E-state index < -0.39 is 10.8 Å². The smallest absolute Gasteiger partial charge is 0.311 e. The molecule has 0 aliphatic carbocycles. The molecule has 0 aliphatic rings. The van der Waals surface area contributed by atoms with Crippen LogP contribution in [-0.2, 0) is 0 Å². The van der Waals surface area contributed by atoms with Gasteiger partial charge in [0.2, 0.25) is 5.82 Å². The Morgan fingerprint density at radius 1 is 1.03 bits per heavy atom. The van der Waals surface area contributed by atoms with Crippen LogP contribution in [0.3, 0.4) is 0 Å². The predicted molar refractivity (Wildman–Crippen MR) is 123 cm³/mol. The van der Waals surface area contributed by atoms with Gasteiger partial charge in [0.15, 0.2) is 5.82 Å². The third-order valence-electron chi connectivity index (χ3n) is 4.30. The number of benzene rings is 3. The van der Waals surface area contributed by atoms with Crippen LogP contribution >= 0.6 is 0 Å². The Morgan fingerprint density at radius 2 is 1.70 bits per heavy atom. The van der Waals surface area contributed by atoms with Gasteiger partial charge in [-0.1, -0.05) is 60.7 Å². The van der Waals surface area contributed by atoms with Crippen LogP contribution in [0.5, 0.6) is 0 Å². The van der Waals surface area contributed by atoms with Crippen LogP contribution in [0.1, 0.15) is 16.2 Å². The Balaban J connectivity index is 0.00000149. The lowest BCUT2D eigenvalue weighted by Crippen LogP contribution is -2.19. The van der Waals surface area contributed by atoms with Crippen molar-refractivity contribution in [3.63, 3.8) is 0 Å². The minimum absolute atomic E-state index is 0.0566. The molecule has 10 nitrogen and oxygen atoms in total. The monoisotopic (exact) mass is 444 g/mol. The highest BCUT2D eigenvalue weighted by Crippen LogP contribution is 2.21. The van der Waals surface area contributed by atoms with Crippen LogP contribution in [0.4, 0.5) is 5.69 Å². The number of aromatic nitrogens is 3. The standard InChI is InChI=1S/C22H16N6O3.CH4O/c29-22(25-23-15-16-8-7-13-19(14-16)28(30)31)20-24-21(17-9-3-1-4-10-17)27(26-20)18-11-5-2-6-12-18;1-2/h1-15H,(H,25,29);2H,1H3/b23-15+;. The fourth-order valence-electron chi connectivity index (χ4n) is 2.87. The molecule has 4 aromatic rings. The number of rotatable bonds is 6. The fourth-order valence-corrected chi connectivity index (χ4v) is 2.87. The predicted octanol–water partition coefficient (Wildman–Crippen LogP) is 3.21. The van der Waals surface area contributed by atoms with E-state index in [1.807, 2.05) is 60.7 Å². The number of para-hydroxylation sites is 1. The Bertz CT molecular complexity index is 1200. The largest absolute Gasteiger partial charge is 0.400 e. The molecule has 2 N–H and O–H groups in total. The molecule has 166 valence electrons. The second kappa shape index (κ2) is 11.1. The highest BCUT2D eigenvalue weighted by Gasteiger charge is 2.18. The molecule has 0 unspecified atom stereocenters. The van der Waals surface area contributed by atoms with E-state index in [0.29, 0.717) is 11.4 Å². The van der Waals surface area contributed by atoms with Crippen LogP contribution in [0.25, 0.3) is 17.1 Å². The van der Waals surface area contributed by atoms with Gasteiger partial charge in [0.05, 0.1) is 16.8 Å². The van der Waals surface area contributed by atoms with E-state index in [4.69, 9.17) is 5.11 Å². The van der Waals surface area contributed by atoms with Crippen LogP contribution in [0.2, 0.25) is 0 Å². The first kappa shape index (κ1) is 23.0. The van der Waals surface area contributed by atoms with Crippen LogP contribution in [0, 0.1) is 10.1 Å². The van der Waals surface area contributed by atoms with Crippen molar-refractivity contribution in [1.82, 2.24) is 20.2 Å². The van der Waals surface area contributed by atoms with Crippen molar-refractivity contribution >= 4 is 17.8 Å². The number of hydrogen-bond donors (Lipinski definition) is 2. The number of nitro benzene ring substituents is 1. The maximum atomic E-state index is 12.6. The summed E-state index contributed by atoms with van der Waals surface area (Å²) in [7, 11) is 1.00. The molecule has 33 heavy (non-hydrogen) atoms.